The molecule has 0 rings (SSSR count). The van der Waals surface area contributed by atoms with E-state index in [-0.39, 0.29) is 11.9 Å². The highest BCUT2D eigenvalue weighted by Crippen LogP contribution is 2.12. The fraction of sp³-hybridized carbons (Fsp3) is 0.947. The standard InChI is InChI=1S/C19H38O2/c1-4-6-8-9-10-11-12-13-14-15-17-21-19(20)18(3)16-7-5-2/h18H,4-17H2,1-3H3. The molecule has 0 aromatic rings. The monoisotopic (exact) mass is 298 g/mol. The van der Waals surface area contributed by atoms with Crippen molar-refractivity contribution in [1.82, 2.24) is 0 Å². The van der Waals surface area contributed by atoms with Crippen molar-refractivity contribution >= 4 is 5.97 Å². The highest BCUT2D eigenvalue weighted by atomic mass is 16.5. The summed E-state index contributed by atoms with van der Waals surface area (Å²) in [7, 11) is 0. The number of hydrogen-bond donors (Lipinski definition) is 0. The molecule has 0 heterocycles. The molecule has 1 unspecified atom stereocenters. The van der Waals surface area contributed by atoms with Crippen molar-refractivity contribution in [2.24, 2.45) is 5.92 Å². The molecular weight excluding hydrogens is 260 g/mol. The van der Waals surface area contributed by atoms with Gasteiger partial charge in [-0.05, 0) is 12.8 Å². The van der Waals surface area contributed by atoms with E-state index >= 15 is 0 Å². The van der Waals surface area contributed by atoms with Crippen LogP contribution in [-0.2, 0) is 9.53 Å². The van der Waals surface area contributed by atoms with E-state index in [0.29, 0.717) is 6.61 Å². The first-order valence-electron chi connectivity index (χ1n) is 9.39. The Hall–Kier alpha value is -0.530. The molecule has 0 amide bonds. The molecular formula is C19H38O2. The van der Waals surface area contributed by atoms with Crippen LogP contribution in [0.1, 0.15) is 104 Å². The zero-order valence-electron chi connectivity index (χ0n) is 14.8. The summed E-state index contributed by atoms with van der Waals surface area (Å²) < 4.78 is 5.33. The molecule has 0 spiro atoms. The van der Waals surface area contributed by atoms with E-state index in [2.05, 4.69) is 13.8 Å². The Morgan fingerprint density at radius 2 is 1.24 bits per heavy atom. The molecule has 0 aromatic heterocycles. The van der Waals surface area contributed by atoms with Crippen LogP contribution in [0.2, 0.25) is 0 Å². The van der Waals surface area contributed by atoms with E-state index < -0.39 is 0 Å². The number of rotatable bonds is 15. The molecule has 1 atom stereocenters. The first kappa shape index (κ1) is 20.5. The molecule has 0 N–H and O–H groups in total. The van der Waals surface area contributed by atoms with Crippen molar-refractivity contribution in [3.05, 3.63) is 0 Å². The van der Waals surface area contributed by atoms with E-state index in [1.54, 1.807) is 0 Å². The maximum Gasteiger partial charge on any atom is 0.308 e. The topological polar surface area (TPSA) is 26.3 Å². The Kier molecular flexibility index (Phi) is 15.5. The van der Waals surface area contributed by atoms with Gasteiger partial charge in [-0.3, -0.25) is 4.79 Å². The second kappa shape index (κ2) is 15.9. The number of carbonyl (C=O) groups excluding carboxylic acids is 1. The lowest BCUT2D eigenvalue weighted by Gasteiger charge is -2.10. The summed E-state index contributed by atoms with van der Waals surface area (Å²) in [6.07, 6.45) is 16.4. The molecule has 126 valence electrons. The minimum absolute atomic E-state index is 0.000579. The number of carbonyl (C=O) groups is 1. The van der Waals surface area contributed by atoms with E-state index in [0.717, 1.165) is 25.7 Å². The van der Waals surface area contributed by atoms with E-state index in [1.807, 2.05) is 6.92 Å². The third-order valence-corrected chi connectivity index (χ3v) is 4.14. The first-order chi connectivity index (χ1) is 10.2. The van der Waals surface area contributed by atoms with Gasteiger partial charge >= 0.3 is 5.97 Å². The van der Waals surface area contributed by atoms with Crippen LogP contribution in [0.3, 0.4) is 0 Å². The molecule has 21 heavy (non-hydrogen) atoms. The fourth-order valence-electron chi connectivity index (χ4n) is 2.53. The Morgan fingerprint density at radius 3 is 1.76 bits per heavy atom. The van der Waals surface area contributed by atoms with Gasteiger partial charge in [0.2, 0.25) is 0 Å². The summed E-state index contributed by atoms with van der Waals surface area (Å²) in [6, 6.07) is 0. The molecule has 0 aromatic carbocycles. The molecule has 0 bridgehead atoms. The van der Waals surface area contributed by atoms with E-state index in [1.165, 1.54) is 57.8 Å². The lowest BCUT2D eigenvalue weighted by atomic mass is 10.1. The average Bonchev–Trinajstić information content (AvgIpc) is 2.49. The highest BCUT2D eigenvalue weighted by Gasteiger charge is 2.12. The smallest absolute Gasteiger partial charge is 0.308 e. The van der Waals surface area contributed by atoms with Crippen LogP contribution in [0.25, 0.3) is 0 Å². The van der Waals surface area contributed by atoms with Crippen LogP contribution in [0.4, 0.5) is 0 Å². The van der Waals surface area contributed by atoms with Crippen LogP contribution in [-0.4, -0.2) is 12.6 Å². The van der Waals surface area contributed by atoms with E-state index in [9.17, 15) is 4.79 Å². The number of unbranched alkanes of at least 4 members (excludes halogenated alkanes) is 10. The first-order valence-corrected chi connectivity index (χ1v) is 9.39. The minimum atomic E-state index is -0.000579. The van der Waals surface area contributed by atoms with Gasteiger partial charge in [0.05, 0.1) is 12.5 Å². The fourth-order valence-corrected chi connectivity index (χ4v) is 2.53. The molecule has 0 aliphatic carbocycles. The van der Waals surface area contributed by atoms with Gasteiger partial charge in [-0.1, -0.05) is 91.4 Å². The summed E-state index contributed by atoms with van der Waals surface area (Å²) >= 11 is 0. The number of esters is 1. The SMILES string of the molecule is CCCCCCCCCCCCOC(=O)C(C)CCCC. The maximum absolute atomic E-state index is 11.7. The van der Waals surface area contributed by atoms with Gasteiger partial charge in [0.25, 0.3) is 0 Å². The van der Waals surface area contributed by atoms with E-state index in [4.69, 9.17) is 4.74 Å². The Morgan fingerprint density at radius 1 is 0.762 bits per heavy atom. The summed E-state index contributed by atoms with van der Waals surface area (Å²) in [5.41, 5.74) is 0. The molecule has 0 saturated heterocycles. The van der Waals surface area contributed by atoms with Crippen LogP contribution < -0.4 is 0 Å². The van der Waals surface area contributed by atoms with Crippen LogP contribution >= 0.6 is 0 Å². The normalized spacial score (nSPS) is 12.3. The van der Waals surface area contributed by atoms with Crippen molar-refractivity contribution < 1.29 is 9.53 Å². The predicted octanol–water partition coefficient (Wildman–Crippen LogP) is 6.28. The van der Waals surface area contributed by atoms with Gasteiger partial charge in [-0.2, -0.15) is 0 Å². The Balaban J connectivity index is 3.23. The van der Waals surface area contributed by atoms with Crippen LogP contribution in [0.15, 0.2) is 0 Å². The van der Waals surface area contributed by atoms with Gasteiger partial charge in [0, 0.05) is 0 Å². The van der Waals surface area contributed by atoms with Gasteiger partial charge in [0.1, 0.15) is 0 Å². The quantitative estimate of drug-likeness (QED) is 0.263. The summed E-state index contributed by atoms with van der Waals surface area (Å²) in [4.78, 5) is 11.7. The van der Waals surface area contributed by atoms with Gasteiger partial charge in [-0.15, -0.1) is 0 Å². The third-order valence-electron chi connectivity index (χ3n) is 4.14. The molecule has 0 aliphatic heterocycles. The minimum Gasteiger partial charge on any atom is -0.465 e. The second-order valence-corrected chi connectivity index (χ2v) is 6.39. The molecule has 2 nitrogen and oxygen atoms in total. The Labute approximate surface area is 133 Å². The third kappa shape index (κ3) is 14.2. The number of ether oxygens (including phenoxy) is 1. The lowest BCUT2D eigenvalue weighted by molar-refractivity contribution is -0.148. The molecule has 0 aliphatic rings. The lowest BCUT2D eigenvalue weighted by Crippen LogP contribution is -2.15. The highest BCUT2D eigenvalue weighted by molar-refractivity contribution is 5.71. The second-order valence-electron chi connectivity index (χ2n) is 6.39. The van der Waals surface area contributed by atoms with Gasteiger partial charge < -0.3 is 4.74 Å². The summed E-state index contributed by atoms with van der Waals surface area (Å²) in [6.45, 7) is 7.02. The maximum atomic E-state index is 11.7. The van der Waals surface area contributed by atoms with Crippen molar-refractivity contribution in [3.8, 4) is 0 Å². The average molecular weight is 299 g/mol. The van der Waals surface area contributed by atoms with Crippen molar-refractivity contribution in [2.45, 2.75) is 104 Å². The molecule has 2 heteroatoms. The zero-order valence-corrected chi connectivity index (χ0v) is 14.8. The van der Waals surface area contributed by atoms with Gasteiger partial charge in [-0.25, -0.2) is 0 Å². The molecule has 0 saturated carbocycles. The van der Waals surface area contributed by atoms with Crippen molar-refractivity contribution in [2.75, 3.05) is 6.61 Å². The van der Waals surface area contributed by atoms with Crippen molar-refractivity contribution in [3.63, 3.8) is 0 Å². The van der Waals surface area contributed by atoms with Crippen LogP contribution in [0.5, 0.6) is 0 Å². The van der Waals surface area contributed by atoms with Gasteiger partial charge in [0.15, 0.2) is 0 Å². The summed E-state index contributed by atoms with van der Waals surface area (Å²) in [5.74, 6) is 0.0763. The molecule has 0 fully saturated rings. The van der Waals surface area contributed by atoms with Crippen molar-refractivity contribution in [1.29, 1.82) is 0 Å². The molecule has 0 radical (unpaired) electrons. The predicted molar refractivity (Wildman–Crippen MR) is 91.5 cm³/mol. The van der Waals surface area contributed by atoms with Crippen LogP contribution in [0, 0.1) is 5.92 Å². The summed E-state index contributed by atoms with van der Waals surface area (Å²) in [5, 5.41) is 0. The zero-order chi connectivity index (χ0) is 15.8. The largest absolute Gasteiger partial charge is 0.465 e. The number of hydrogen-bond acceptors (Lipinski definition) is 2. The Bertz CT molecular complexity index is 226.